The van der Waals surface area contributed by atoms with Gasteiger partial charge in [-0.05, 0) is 70.6 Å². The lowest BCUT2D eigenvalue weighted by Gasteiger charge is -2.28. The molecule has 0 aliphatic carbocycles. The van der Waals surface area contributed by atoms with E-state index in [1.165, 1.54) is 0 Å². The van der Waals surface area contributed by atoms with Crippen molar-refractivity contribution >= 4 is 71.7 Å². The molecule has 0 saturated carbocycles. The summed E-state index contributed by atoms with van der Waals surface area (Å²) >= 11 is 0. The molecule has 0 aliphatic heterocycles. The van der Waals surface area contributed by atoms with Gasteiger partial charge in [-0.25, -0.2) is 0 Å². The fourth-order valence-corrected chi connectivity index (χ4v) is 7.47. The molecule has 0 bridgehead atoms. The van der Waals surface area contributed by atoms with E-state index in [1.54, 1.807) is 0 Å². The lowest BCUT2D eigenvalue weighted by Crippen LogP contribution is -2.11. The quantitative estimate of drug-likeness (QED) is 0.190. The molecule has 0 N–H and O–H groups in total. The first-order valence-corrected chi connectivity index (χ1v) is 16.6. The Morgan fingerprint density at radius 1 is 0.347 bits per heavy atom. The van der Waals surface area contributed by atoms with Gasteiger partial charge in [-0.15, -0.1) is 0 Å². The van der Waals surface area contributed by atoms with Crippen LogP contribution in [-0.4, -0.2) is 0 Å². The molecular formula is C46H29NO2. The van der Waals surface area contributed by atoms with Crippen molar-refractivity contribution in [2.45, 2.75) is 0 Å². The molecule has 0 radical (unpaired) electrons. The fourth-order valence-electron chi connectivity index (χ4n) is 7.47. The van der Waals surface area contributed by atoms with Crippen molar-refractivity contribution in [2.24, 2.45) is 0 Å². The zero-order valence-electron chi connectivity index (χ0n) is 26.5. The molecule has 0 fully saturated rings. The predicted molar refractivity (Wildman–Crippen MR) is 204 cm³/mol. The number of hydrogen-bond acceptors (Lipinski definition) is 3. The van der Waals surface area contributed by atoms with E-state index >= 15 is 0 Å². The molecule has 10 rings (SSSR count). The molecule has 10 aromatic rings. The van der Waals surface area contributed by atoms with Crippen molar-refractivity contribution in [1.29, 1.82) is 0 Å². The zero-order chi connectivity index (χ0) is 32.3. The summed E-state index contributed by atoms with van der Waals surface area (Å²) in [6, 6.07) is 62.0. The molecular weight excluding hydrogens is 599 g/mol. The monoisotopic (exact) mass is 627 g/mol. The van der Waals surface area contributed by atoms with Crippen molar-refractivity contribution in [3.8, 4) is 22.3 Å². The van der Waals surface area contributed by atoms with Gasteiger partial charge in [-0.2, -0.15) is 0 Å². The minimum Gasteiger partial charge on any atom is -0.456 e. The van der Waals surface area contributed by atoms with Crippen LogP contribution in [0.25, 0.3) is 76.9 Å². The third-order valence-electron chi connectivity index (χ3n) is 9.67. The summed E-state index contributed by atoms with van der Waals surface area (Å²) in [6.07, 6.45) is 0. The average Bonchev–Trinajstić information content (AvgIpc) is 3.75. The highest BCUT2D eigenvalue weighted by Gasteiger charge is 2.23. The van der Waals surface area contributed by atoms with Gasteiger partial charge in [-0.3, -0.25) is 0 Å². The Bertz CT molecular complexity index is 2830. The second-order valence-corrected chi connectivity index (χ2v) is 12.5. The van der Waals surface area contributed by atoms with E-state index in [0.29, 0.717) is 0 Å². The molecule has 2 aromatic heterocycles. The van der Waals surface area contributed by atoms with E-state index in [9.17, 15) is 0 Å². The number of fused-ring (bicyclic) bond motifs is 8. The van der Waals surface area contributed by atoms with Crippen LogP contribution >= 0.6 is 0 Å². The standard InChI is InChI=1S/C46H29NO2/c1-2-12-30(13-3-1)34-15-6-8-19-39(34)47(40-20-11-23-43-45(40)38-29-26-31-14-4-5-16-36(31)46(38)49-43)33-27-24-32(25-28-33)35-18-10-22-42-44(35)37-17-7-9-21-41(37)48-42/h1-29H. The molecule has 8 aromatic carbocycles. The topological polar surface area (TPSA) is 29.5 Å². The summed E-state index contributed by atoms with van der Waals surface area (Å²) in [4.78, 5) is 2.38. The van der Waals surface area contributed by atoms with E-state index in [2.05, 4.69) is 169 Å². The molecule has 2 heterocycles. The third-order valence-corrected chi connectivity index (χ3v) is 9.67. The van der Waals surface area contributed by atoms with Crippen LogP contribution in [0.1, 0.15) is 0 Å². The molecule has 0 saturated heterocycles. The summed E-state index contributed by atoms with van der Waals surface area (Å²) in [5.41, 5.74) is 11.4. The van der Waals surface area contributed by atoms with Gasteiger partial charge in [0.25, 0.3) is 0 Å². The van der Waals surface area contributed by atoms with Gasteiger partial charge in [0.05, 0.1) is 16.8 Å². The first-order valence-electron chi connectivity index (χ1n) is 16.6. The lowest BCUT2D eigenvalue weighted by molar-refractivity contribution is 0.669. The number of furan rings is 2. The fraction of sp³-hybridized carbons (Fsp3) is 0. The maximum atomic E-state index is 6.65. The first kappa shape index (κ1) is 27.5. The SMILES string of the molecule is c1ccc(-c2ccccc2N(c2ccc(-c3cccc4oc5ccccc5c34)cc2)c2cccc3oc4c5ccccc5ccc4c23)cc1. The molecule has 0 amide bonds. The van der Waals surface area contributed by atoms with Crippen LogP contribution in [-0.2, 0) is 0 Å². The minimum atomic E-state index is 0.862. The minimum absolute atomic E-state index is 0.862. The van der Waals surface area contributed by atoms with Crippen LogP contribution in [0.2, 0.25) is 0 Å². The van der Waals surface area contributed by atoms with Crippen LogP contribution < -0.4 is 4.90 Å². The molecule has 49 heavy (non-hydrogen) atoms. The summed E-state index contributed by atoms with van der Waals surface area (Å²) < 4.78 is 12.9. The lowest BCUT2D eigenvalue weighted by atomic mass is 9.98. The Kier molecular flexibility index (Phi) is 6.18. The number of anilines is 3. The molecule has 0 spiro atoms. The Morgan fingerprint density at radius 2 is 0.980 bits per heavy atom. The third kappa shape index (κ3) is 4.37. The van der Waals surface area contributed by atoms with Crippen LogP contribution in [0.15, 0.2) is 185 Å². The number of benzene rings is 8. The van der Waals surface area contributed by atoms with E-state index in [0.717, 1.165) is 94.0 Å². The smallest absolute Gasteiger partial charge is 0.143 e. The van der Waals surface area contributed by atoms with Crippen LogP contribution in [0, 0.1) is 0 Å². The van der Waals surface area contributed by atoms with E-state index in [-0.39, 0.29) is 0 Å². The van der Waals surface area contributed by atoms with E-state index in [4.69, 9.17) is 8.83 Å². The number of rotatable bonds is 5. The zero-order valence-corrected chi connectivity index (χ0v) is 26.5. The molecule has 0 atom stereocenters. The second-order valence-electron chi connectivity index (χ2n) is 12.5. The average molecular weight is 628 g/mol. The van der Waals surface area contributed by atoms with Gasteiger partial charge < -0.3 is 13.7 Å². The van der Waals surface area contributed by atoms with Crippen molar-refractivity contribution in [3.63, 3.8) is 0 Å². The van der Waals surface area contributed by atoms with Gasteiger partial charge in [-0.1, -0.05) is 127 Å². The van der Waals surface area contributed by atoms with Gasteiger partial charge in [0, 0.05) is 32.8 Å². The van der Waals surface area contributed by atoms with Crippen LogP contribution in [0.4, 0.5) is 17.1 Å². The van der Waals surface area contributed by atoms with Gasteiger partial charge in [0.2, 0.25) is 0 Å². The maximum absolute atomic E-state index is 6.65. The Hall–Kier alpha value is -6.58. The highest BCUT2D eigenvalue weighted by atomic mass is 16.3. The Labute approximate surface area is 282 Å². The maximum Gasteiger partial charge on any atom is 0.143 e. The predicted octanol–water partition coefficient (Wildman–Crippen LogP) is 13.4. The van der Waals surface area contributed by atoms with Gasteiger partial charge in [0.15, 0.2) is 0 Å². The van der Waals surface area contributed by atoms with Crippen LogP contribution in [0.3, 0.4) is 0 Å². The highest BCUT2D eigenvalue weighted by Crippen LogP contribution is 2.47. The summed E-state index contributed by atoms with van der Waals surface area (Å²) in [5.74, 6) is 0. The van der Waals surface area contributed by atoms with Gasteiger partial charge >= 0.3 is 0 Å². The van der Waals surface area contributed by atoms with Crippen LogP contribution in [0.5, 0.6) is 0 Å². The first-order chi connectivity index (χ1) is 24.3. The Morgan fingerprint density at radius 3 is 1.86 bits per heavy atom. The second kappa shape index (κ2) is 11.0. The molecule has 3 heteroatoms. The van der Waals surface area contributed by atoms with Crippen molar-refractivity contribution < 1.29 is 8.83 Å². The number of hydrogen-bond donors (Lipinski definition) is 0. The summed E-state index contributed by atoms with van der Waals surface area (Å²) in [5, 5.41) is 6.73. The Balaban J connectivity index is 1.21. The van der Waals surface area contributed by atoms with Crippen molar-refractivity contribution in [2.75, 3.05) is 4.90 Å². The van der Waals surface area contributed by atoms with E-state index in [1.807, 2.05) is 12.1 Å². The molecule has 0 unspecified atom stereocenters. The molecule has 0 aliphatic rings. The number of nitrogens with zero attached hydrogens (tertiary/aromatic N) is 1. The number of para-hydroxylation sites is 2. The normalized spacial score (nSPS) is 11.7. The molecule has 230 valence electrons. The highest BCUT2D eigenvalue weighted by molar-refractivity contribution is 6.20. The summed E-state index contributed by atoms with van der Waals surface area (Å²) in [6.45, 7) is 0. The summed E-state index contributed by atoms with van der Waals surface area (Å²) in [7, 11) is 0. The van der Waals surface area contributed by atoms with Gasteiger partial charge in [0.1, 0.15) is 22.3 Å². The largest absolute Gasteiger partial charge is 0.456 e. The molecule has 3 nitrogen and oxygen atoms in total. The van der Waals surface area contributed by atoms with E-state index < -0.39 is 0 Å². The van der Waals surface area contributed by atoms with Crippen molar-refractivity contribution in [3.05, 3.63) is 176 Å². The van der Waals surface area contributed by atoms with Crippen molar-refractivity contribution in [1.82, 2.24) is 0 Å².